The van der Waals surface area contributed by atoms with Gasteiger partial charge in [-0.3, -0.25) is 9.69 Å². The summed E-state index contributed by atoms with van der Waals surface area (Å²) in [5.74, 6) is -0.0637. The van der Waals surface area contributed by atoms with E-state index in [1.807, 2.05) is 48.3 Å². The van der Waals surface area contributed by atoms with Gasteiger partial charge in [0.05, 0.1) is 5.92 Å². The van der Waals surface area contributed by atoms with E-state index in [1.165, 1.54) is 17.7 Å². The zero-order chi connectivity index (χ0) is 21.6. The van der Waals surface area contributed by atoms with Gasteiger partial charge in [-0.1, -0.05) is 72.8 Å². The van der Waals surface area contributed by atoms with Crippen LogP contribution in [0.15, 0.2) is 84.9 Å². The molecule has 4 rings (SSSR count). The second-order valence-corrected chi connectivity index (χ2v) is 8.44. The molecule has 1 aliphatic rings. The van der Waals surface area contributed by atoms with E-state index >= 15 is 0 Å². The number of likely N-dealkylation sites (tertiary alicyclic amines) is 1. The van der Waals surface area contributed by atoms with E-state index in [9.17, 15) is 9.18 Å². The van der Waals surface area contributed by atoms with Crippen molar-refractivity contribution in [1.82, 2.24) is 9.80 Å². The van der Waals surface area contributed by atoms with Crippen LogP contribution in [0.3, 0.4) is 0 Å². The molecule has 3 aromatic rings. The molecule has 0 bridgehead atoms. The van der Waals surface area contributed by atoms with E-state index in [2.05, 4.69) is 41.3 Å². The van der Waals surface area contributed by atoms with Crippen LogP contribution in [0.5, 0.6) is 0 Å². The third-order valence-corrected chi connectivity index (χ3v) is 6.16. The van der Waals surface area contributed by atoms with E-state index in [4.69, 9.17) is 0 Å². The van der Waals surface area contributed by atoms with Crippen LogP contribution in [0.25, 0.3) is 0 Å². The van der Waals surface area contributed by atoms with Crippen LogP contribution >= 0.6 is 0 Å². The van der Waals surface area contributed by atoms with Crippen molar-refractivity contribution < 1.29 is 9.18 Å². The molecule has 160 valence electrons. The number of halogens is 1. The van der Waals surface area contributed by atoms with Crippen LogP contribution in [0.4, 0.5) is 4.39 Å². The molecule has 4 heteroatoms. The number of carbonyl (C=O) groups excluding carboxylic acids is 1. The van der Waals surface area contributed by atoms with Crippen LogP contribution in [-0.2, 0) is 17.9 Å². The average Bonchev–Trinajstić information content (AvgIpc) is 2.81. The molecule has 0 unspecified atom stereocenters. The van der Waals surface area contributed by atoms with Crippen molar-refractivity contribution in [3.8, 4) is 0 Å². The van der Waals surface area contributed by atoms with Gasteiger partial charge in [-0.05, 0) is 41.7 Å². The average molecular weight is 417 g/mol. The van der Waals surface area contributed by atoms with Crippen molar-refractivity contribution >= 4 is 5.91 Å². The molecule has 1 amide bonds. The lowest BCUT2D eigenvalue weighted by atomic mass is 9.87. The standard InChI is InChI=1S/C27H29FN2O/c1-29(18-21-8-4-2-5-9-21)27(31)24-14-17-26(23-10-6-3-7-11-23)30(20-24)19-22-12-15-25(28)16-13-22/h2-13,15-16,24,26H,14,17-20H2,1H3/t24-,26-/m0/s1. The third-order valence-electron chi connectivity index (χ3n) is 6.16. The van der Waals surface area contributed by atoms with Crippen molar-refractivity contribution in [2.45, 2.75) is 32.0 Å². The van der Waals surface area contributed by atoms with Gasteiger partial charge in [0.1, 0.15) is 5.82 Å². The first-order valence-corrected chi connectivity index (χ1v) is 10.9. The second kappa shape index (κ2) is 9.88. The summed E-state index contributed by atoms with van der Waals surface area (Å²) >= 11 is 0. The number of benzene rings is 3. The number of hydrogen-bond donors (Lipinski definition) is 0. The second-order valence-electron chi connectivity index (χ2n) is 8.44. The molecule has 1 heterocycles. The summed E-state index contributed by atoms with van der Waals surface area (Å²) in [6.07, 6.45) is 1.80. The first kappa shape index (κ1) is 21.3. The van der Waals surface area contributed by atoms with Crippen LogP contribution in [0.2, 0.25) is 0 Å². The number of carbonyl (C=O) groups is 1. The third kappa shape index (κ3) is 5.39. The number of hydrogen-bond acceptors (Lipinski definition) is 2. The molecule has 1 fully saturated rings. The van der Waals surface area contributed by atoms with Crippen molar-refractivity contribution in [3.63, 3.8) is 0 Å². The molecule has 0 spiro atoms. The van der Waals surface area contributed by atoms with E-state index in [1.54, 1.807) is 0 Å². The number of rotatable bonds is 6. The quantitative estimate of drug-likeness (QED) is 0.534. The lowest BCUT2D eigenvalue weighted by molar-refractivity contribution is -0.137. The monoisotopic (exact) mass is 416 g/mol. The number of nitrogens with zero attached hydrogens (tertiary/aromatic N) is 2. The highest BCUT2D eigenvalue weighted by atomic mass is 19.1. The predicted molar refractivity (Wildman–Crippen MR) is 122 cm³/mol. The maximum Gasteiger partial charge on any atom is 0.227 e. The minimum atomic E-state index is -0.224. The highest BCUT2D eigenvalue weighted by Gasteiger charge is 2.34. The van der Waals surface area contributed by atoms with Gasteiger partial charge in [0.15, 0.2) is 0 Å². The first-order chi connectivity index (χ1) is 15.1. The summed E-state index contributed by atoms with van der Waals surface area (Å²) < 4.78 is 13.4. The summed E-state index contributed by atoms with van der Waals surface area (Å²) in [5, 5.41) is 0. The highest BCUT2D eigenvalue weighted by molar-refractivity contribution is 5.79. The Balaban J connectivity index is 1.49. The van der Waals surface area contributed by atoms with E-state index < -0.39 is 0 Å². The molecule has 0 radical (unpaired) electrons. The molecule has 3 nitrogen and oxygen atoms in total. The lowest BCUT2D eigenvalue weighted by Gasteiger charge is -2.40. The summed E-state index contributed by atoms with van der Waals surface area (Å²) in [5.41, 5.74) is 3.47. The van der Waals surface area contributed by atoms with Crippen molar-refractivity contribution in [1.29, 1.82) is 0 Å². The van der Waals surface area contributed by atoms with Gasteiger partial charge in [0, 0.05) is 32.7 Å². The Kier molecular flexibility index (Phi) is 6.78. The lowest BCUT2D eigenvalue weighted by Crippen LogP contribution is -2.44. The van der Waals surface area contributed by atoms with Gasteiger partial charge in [-0.2, -0.15) is 0 Å². The fourth-order valence-corrected chi connectivity index (χ4v) is 4.54. The zero-order valence-electron chi connectivity index (χ0n) is 18.0. The summed E-state index contributed by atoms with van der Waals surface area (Å²) in [6.45, 7) is 2.02. The molecule has 31 heavy (non-hydrogen) atoms. The largest absolute Gasteiger partial charge is 0.341 e. The molecular weight excluding hydrogens is 387 g/mol. The fraction of sp³-hybridized carbons (Fsp3) is 0.296. The van der Waals surface area contributed by atoms with Crippen LogP contribution in [-0.4, -0.2) is 29.3 Å². The van der Waals surface area contributed by atoms with Crippen LogP contribution < -0.4 is 0 Å². The Morgan fingerprint density at radius 1 is 0.903 bits per heavy atom. The molecule has 0 aliphatic carbocycles. The Hall–Kier alpha value is -2.98. The SMILES string of the molecule is CN(Cc1ccccc1)C(=O)[C@H]1CC[C@@H](c2ccccc2)N(Cc2ccc(F)cc2)C1. The Bertz CT molecular complexity index is 975. The maximum absolute atomic E-state index is 13.4. The van der Waals surface area contributed by atoms with Crippen LogP contribution in [0.1, 0.15) is 35.6 Å². The fourth-order valence-electron chi connectivity index (χ4n) is 4.54. The van der Waals surface area contributed by atoms with Crippen molar-refractivity contribution in [2.75, 3.05) is 13.6 Å². The zero-order valence-corrected chi connectivity index (χ0v) is 18.0. The normalized spacial score (nSPS) is 19.2. The predicted octanol–water partition coefficient (Wildman–Crippen LogP) is 5.44. The molecule has 0 N–H and O–H groups in total. The van der Waals surface area contributed by atoms with Gasteiger partial charge < -0.3 is 4.90 Å². The summed E-state index contributed by atoms with van der Waals surface area (Å²) in [6, 6.07) is 27.5. The molecular formula is C27H29FN2O. The highest BCUT2D eigenvalue weighted by Crippen LogP contribution is 2.35. The Morgan fingerprint density at radius 2 is 1.55 bits per heavy atom. The molecule has 0 saturated carbocycles. The van der Waals surface area contributed by atoms with E-state index in [-0.39, 0.29) is 23.7 Å². The summed E-state index contributed by atoms with van der Waals surface area (Å²) in [4.78, 5) is 17.5. The first-order valence-electron chi connectivity index (χ1n) is 10.9. The summed E-state index contributed by atoms with van der Waals surface area (Å²) in [7, 11) is 1.89. The van der Waals surface area contributed by atoms with E-state index in [0.717, 1.165) is 24.0 Å². The minimum absolute atomic E-state index is 0.0332. The Morgan fingerprint density at radius 3 is 2.23 bits per heavy atom. The number of piperidine rings is 1. The molecule has 2 atom stereocenters. The minimum Gasteiger partial charge on any atom is -0.341 e. The molecule has 1 aliphatic heterocycles. The van der Waals surface area contributed by atoms with Gasteiger partial charge in [0.25, 0.3) is 0 Å². The maximum atomic E-state index is 13.4. The van der Waals surface area contributed by atoms with E-state index in [0.29, 0.717) is 19.6 Å². The Labute approximate surface area is 184 Å². The van der Waals surface area contributed by atoms with Crippen molar-refractivity contribution in [3.05, 3.63) is 107 Å². The smallest absolute Gasteiger partial charge is 0.227 e. The van der Waals surface area contributed by atoms with Gasteiger partial charge in [-0.25, -0.2) is 4.39 Å². The molecule has 0 aromatic heterocycles. The van der Waals surface area contributed by atoms with Gasteiger partial charge in [0.2, 0.25) is 5.91 Å². The van der Waals surface area contributed by atoms with Gasteiger partial charge >= 0.3 is 0 Å². The number of amides is 1. The van der Waals surface area contributed by atoms with Crippen molar-refractivity contribution in [2.24, 2.45) is 5.92 Å². The van der Waals surface area contributed by atoms with Gasteiger partial charge in [-0.15, -0.1) is 0 Å². The molecule has 3 aromatic carbocycles. The molecule has 1 saturated heterocycles. The van der Waals surface area contributed by atoms with Crippen LogP contribution in [0, 0.1) is 11.7 Å². The topological polar surface area (TPSA) is 23.6 Å².